The fourth-order valence-corrected chi connectivity index (χ4v) is 10.6. The van der Waals surface area contributed by atoms with Crippen LogP contribution < -0.4 is 108 Å². The molecule has 0 amide bonds. The summed E-state index contributed by atoms with van der Waals surface area (Å²) in [6.07, 6.45) is 11.3. The van der Waals surface area contributed by atoms with Gasteiger partial charge in [-0.15, -0.1) is 46.6 Å². The van der Waals surface area contributed by atoms with E-state index >= 15 is 0 Å². The molecule has 0 radical (unpaired) electrons. The Hall–Kier alpha value is -0.424. The van der Waals surface area contributed by atoms with E-state index in [1.54, 1.807) is 56.7 Å². The van der Waals surface area contributed by atoms with E-state index in [1.165, 1.54) is 20.9 Å². The van der Waals surface area contributed by atoms with Crippen LogP contribution in [0.5, 0.6) is 0 Å². The van der Waals surface area contributed by atoms with Crippen molar-refractivity contribution >= 4 is 90.6 Å². The fourth-order valence-electron chi connectivity index (χ4n) is 4.26. The zero-order chi connectivity index (χ0) is 36.3. The molecule has 0 aliphatic carbocycles. The van der Waals surface area contributed by atoms with Gasteiger partial charge in [-0.3, -0.25) is 4.79 Å². The first-order valence-electron chi connectivity index (χ1n) is 15.1. The first kappa shape index (κ1) is 47.7. The van der Waals surface area contributed by atoms with E-state index in [0.29, 0.717) is 0 Å². The normalized spacial score (nSPS) is 10.0. The third-order valence-corrected chi connectivity index (χ3v) is 13.5. The smallest absolute Gasteiger partial charge is 1.00 e. The summed E-state index contributed by atoms with van der Waals surface area (Å²) in [7, 11) is -2.96. The molecular weight excluding hydrogens is 843 g/mol. The number of rotatable bonds is 5. The van der Waals surface area contributed by atoms with Crippen molar-refractivity contribution in [2.75, 3.05) is 0 Å². The first-order chi connectivity index (χ1) is 23.9. The minimum Gasteiger partial charge on any atom is -1.00 e. The van der Waals surface area contributed by atoms with Crippen LogP contribution in [-0.2, 0) is 9.68 Å². The van der Waals surface area contributed by atoms with E-state index in [1.807, 2.05) is 11.3 Å². The Morgan fingerprint density at radius 1 is 0.596 bits per heavy atom. The summed E-state index contributed by atoms with van der Waals surface area (Å²) >= 11 is 10.3. The maximum absolute atomic E-state index is 8.64. The molecule has 6 aromatic rings. The number of hydrogen-bond donors (Lipinski definition) is 0. The summed E-state index contributed by atoms with van der Waals surface area (Å²) < 4.78 is 0. The topological polar surface area (TPSA) is 49.4 Å². The van der Waals surface area contributed by atoms with Gasteiger partial charge in [0.1, 0.15) is 16.1 Å². The molecule has 6 rings (SSSR count). The molecule has 0 unspecified atom stereocenters. The van der Waals surface area contributed by atoms with Crippen LogP contribution in [0.3, 0.4) is 0 Å². The standard InChI is InChI=1S/C22H24S3Si2.C16H8S3.CH2O3.2K.H/c1-26(2,3)13-9-19-20(10-14-27(4,5)6)22(18-8-12-24-16-18)25-21(19)17-7-11-23-15-17;1-3-13-14(4-2)16(12-6-8-18-10-12)19-15(13)11-5-7-17-9-11;2-1-4-3;;;/h7-8,11-12,15-16H,1-6H3;1-2,5-10H;1,3H;;;/q;;;2*+1;-1/p-1. The van der Waals surface area contributed by atoms with Crippen LogP contribution in [-0.4, -0.2) is 22.6 Å². The largest absolute Gasteiger partial charge is 1.00 e. The number of carbonyl (C=O) groups excluding carboxylic acids is 1. The molecular formula is C39H34K2O3S6Si2. The predicted molar refractivity (Wildman–Crippen MR) is 226 cm³/mol. The average Bonchev–Trinajstić information content (AvgIpc) is 3.93. The quantitative estimate of drug-likeness (QED) is 0.0769. The monoisotopic (exact) mass is 876 g/mol. The Bertz CT molecular complexity index is 2070. The molecule has 0 aliphatic heterocycles. The average molecular weight is 877 g/mol. The Balaban J connectivity index is 0.000000475. The van der Waals surface area contributed by atoms with Crippen molar-refractivity contribution < 1.29 is 119 Å². The summed E-state index contributed by atoms with van der Waals surface area (Å²) in [6, 6.07) is 8.55. The minimum absolute atomic E-state index is 0. The maximum Gasteiger partial charge on any atom is 1.00 e. The molecule has 254 valence electrons. The van der Waals surface area contributed by atoms with Crippen molar-refractivity contribution in [3.8, 4) is 89.4 Å². The predicted octanol–water partition coefficient (Wildman–Crippen LogP) is 5.39. The number of thiophene rings is 6. The van der Waals surface area contributed by atoms with Crippen LogP contribution in [0.1, 0.15) is 23.7 Å². The van der Waals surface area contributed by atoms with Crippen molar-refractivity contribution in [2.24, 2.45) is 0 Å². The molecule has 0 bridgehead atoms. The third-order valence-electron chi connectivity index (χ3n) is 6.40. The van der Waals surface area contributed by atoms with Crippen LogP contribution in [0.15, 0.2) is 67.3 Å². The van der Waals surface area contributed by atoms with Crippen LogP contribution in [0, 0.1) is 47.6 Å². The molecule has 0 atom stereocenters. The molecule has 6 aromatic heterocycles. The number of carbonyl (C=O) groups is 1. The molecule has 0 saturated heterocycles. The summed E-state index contributed by atoms with van der Waals surface area (Å²) in [5, 5.41) is 25.5. The Labute approximate surface area is 420 Å². The molecule has 0 spiro atoms. The van der Waals surface area contributed by atoms with Gasteiger partial charge in [-0.25, -0.2) is 0 Å². The van der Waals surface area contributed by atoms with Crippen molar-refractivity contribution in [1.82, 2.24) is 0 Å². The van der Waals surface area contributed by atoms with Gasteiger partial charge in [-0.2, -0.15) is 45.3 Å². The molecule has 0 fully saturated rings. The minimum atomic E-state index is -1.48. The van der Waals surface area contributed by atoms with E-state index in [-0.39, 0.29) is 111 Å². The first-order valence-corrected chi connectivity index (χ1v) is 27.5. The van der Waals surface area contributed by atoms with Gasteiger partial charge in [0.25, 0.3) is 6.47 Å². The van der Waals surface area contributed by atoms with Gasteiger partial charge in [0.2, 0.25) is 0 Å². The zero-order valence-corrected chi connectivity index (χ0v) is 43.5. The van der Waals surface area contributed by atoms with Gasteiger partial charge < -0.3 is 11.6 Å². The van der Waals surface area contributed by atoms with Crippen molar-refractivity contribution in [2.45, 2.75) is 39.3 Å². The molecule has 52 heavy (non-hydrogen) atoms. The van der Waals surface area contributed by atoms with Crippen molar-refractivity contribution in [3.05, 3.63) is 89.6 Å². The number of hydrogen-bond acceptors (Lipinski definition) is 9. The Kier molecular flexibility index (Phi) is 21.1. The van der Waals surface area contributed by atoms with Crippen molar-refractivity contribution in [3.63, 3.8) is 0 Å². The van der Waals surface area contributed by atoms with E-state index in [0.717, 1.165) is 43.1 Å². The molecule has 0 N–H and O–H groups in total. The molecule has 0 aromatic carbocycles. The van der Waals surface area contributed by atoms with Crippen molar-refractivity contribution in [1.29, 1.82) is 0 Å². The fraction of sp³-hybridized carbons (Fsp3) is 0.154. The summed E-state index contributed by atoms with van der Waals surface area (Å²) in [5.74, 6) is 12.7. The van der Waals surface area contributed by atoms with Gasteiger partial charge in [0.05, 0.1) is 41.8 Å². The van der Waals surface area contributed by atoms with E-state index in [9.17, 15) is 0 Å². The maximum atomic E-state index is 8.64. The number of terminal acetylenes is 2. The molecule has 0 aliphatic rings. The second kappa shape index (κ2) is 23.0. The SMILES string of the molecule is C#Cc1c(-c2ccsc2)sc(-c2ccsc2)c1C#C.C[Si](C)(C)C#Cc1c(-c2ccsc2)sc(-c2ccsc2)c1C#C[Si](C)(C)C.O=CO[O-].[H-].[K+].[K+]. The van der Waals surface area contributed by atoms with E-state index in [2.05, 4.69) is 146 Å². The second-order valence-electron chi connectivity index (χ2n) is 12.5. The van der Waals surface area contributed by atoms with E-state index in [4.69, 9.17) is 22.9 Å². The van der Waals surface area contributed by atoms with Crippen LogP contribution in [0.2, 0.25) is 39.3 Å². The van der Waals surface area contributed by atoms with Crippen LogP contribution >= 0.6 is 68.0 Å². The Morgan fingerprint density at radius 2 is 0.865 bits per heavy atom. The Morgan fingerprint density at radius 3 is 1.06 bits per heavy atom. The summed E-state index contributed by atoms with van der Waals surface area (Å²) in [6.45, 7) is 13.6. The molecule has 13 heteroatoms. The molecule has 3 nitrogen and oxygen atoms in total. The third kappa shape index (κ3) is 13.6. The van der Waals surface area contributed by atoms with Gasteiger partial charge in [0, 0.05) is 22.3 Å². The van der Waals surface area contributed by atoms with Crippen LogP contribution in [0.4, 0.5) is 0 Å². The molecule has 6 heterocycles. The van der Waals surface area contributed by atoms with Gasteiger partial charge >= 0.3 is 103 Å². The van der Waals surface area contributed by atoms with Crippen LogP contribution in [0.25, 0.3) is 41.8 Å². The van der Waals surface area contributed by atoms with Gasteiger partial charge in [0.15, 0.2) is 0 Å². The summed E-state index contributed by atoms with van der Waals surface area (Å²) in [4.78, 5) is 16.0. The molecule has 0 saturated carbocycles. The van der Waals surface area contributed by atoms with Gasteiger partial charge in [-0.05, 0) is 67.3 Å². The van der Waals surface area contributed by atoms with Gasteiger partial charge in [-0.1, -0.05) is 63.0 Å². The van der Waals surface area contributed by atoms with E-state index < -0.39 is 16.1 Å². The zero-order valence-electron chi connectivity index (χ0n) is 31.3. The second-order valence-corrected chi connectivity index (χ2v) is 27.2. The summed E-state index contributed by atoms with van der Waals surface area (Å²) in [5.41, 5.74) is 15.9.